The van der Waals surface area contributed by atoms with Crippen LogP contribution in [0.5, 0.6) is 0 Å². The topological polar surface area (TPSA) is 38.3 Å². The van der Waals surface area contributed by atoms with Crippen LogP contribution in [0, 0.1) is 0 Å². The molecule has 0 bridgehead atoms. The highest BCUT2D eigenvalue weighted by molar-refractivity contribution is 9.10. The molecular formula is C18H14BrNO2. The zero-order valence-corrected chi connectivity index (χ0v) is 13.3. The molecule has 3 aromatic carbocycles. The van der Waals surface area contributed by atoms with Gasteiger partial charge in [0.25, 0.3) is 0 Å². The lowest BCUT2D eigenvalue weighted by Gasteiger charge is -2.10. The molecule has 4 heteroatoms. The number of halogens is 1. The molecule has 0 aliphatic rings. The summed E-state index contributed by atoms with van der Waals surface area (Å²) in [5.74, 6) is 0. The Kier molecular flexibility index (Phi) is 4.39. The second-order valence-corrected chi connectivity index (χ2v) is 5.63. The van der Waals surface area contributed by atoms with Gasteiger partial charge in [-0.3, -0.25) is 5.32 Å². The van der Waals surface area contributed by atoms with Crippen LogP contribution in [-0.2, 0) is 11.3 Å². The number of rotatable bonds is 3. The number of carbonyl (C=O) groups is 1. The SMILES string of the molecule is O=C(Nc1ccc2ccccc2c1Br)OCc1ccccc1. The highest BCUT2D eigenvalue weighted by Crippen LogP contribution is 2.31. The molecule has 0 radical (unpaired) electrons. The van der Waals surface area contributed by atoms with Crippen LogP contribution in [0.3, 0.4) is 0 Å². The molecule has 0 aliphatic heterocycles. The van der Waals surface area contributed by atoms with Crippen LogP contribution in [0.4, 0.5) is 10.5 Å². The average Bonchev–Trinajstić information content (AvgIpc) is 2.57. The van der Waals surface area contributed by atoms with Crippen molar-refractivity contribution in [2.75, 3.05) is 5.32 Å². The van der Waals surface area contributed by atoms with E-state index >= 15 is 0 Å². The van der Waals surface area contributed by atoms with Crippen molar-refractivity contribution >= 4 is 38.5 Å². The first-order chi connectivity index (χ1) is 10.7. The van der Waals surface area contributed by atoms with E-state index in [1.165, 1.54) is 0 Å². The Bertz CT molecular complexity index is 803. The third-order valence-corrected chi connectivity index (χ3v) is 4.17. The summed E-state index contributed by atoms with van der Waals surface area (Å²) >= 11 is 3.54. The van der Waals surface area contributed by atoms with Crippen molar-refractivity contribution in [1.29, 1.82) is 0 Å². The molecule has 0 aromatic heterocycles. The van der Waals surface area contributed by atoms with Crippen molar-refractivity contribution < 1.29 is 9.53 Å². The molecule has 0 aliphatic carbocycles. The van der Waals surface area contributed by atoms with Crippen molar-refractivity contribution in [3.05, 3.63) is 76.8 Å². The van der Waals surface area contributed by atoms with E-state index in [0.717, 1.165) is 20.8 Å². The third-order valence-electron chi connectivity index (χ3n) is 3.31. The molecule has 0 atom stereocenters. The zero-order chi connectivity index (χ0) is 15.4. The Morgan fingerprint density at radius 2 is 1.68 bits per heavy atom. The molecule has 110 valence electrons. The Balaban J connectivity index is 1.70. The van der Waals surface area contributed by atoms with Crippen LogP contribution < -0.4 is 5.32 Å². The zero-order valence-electron chi connectivity index (χ0n) is 11.8. The van der Waals surface area contributed by atoms with Gasteiger partial charge >= 0.3 is 6.09 Å². The van der Waals surface area contributed by atoms with E-state index in [1.54, 1.807) is 0 Å². The maximum atomic E-state index is 11.9. The van der Waals surface area contributed by atoms with Gasteiger partial charge in [-0.15, -0.1) is 0 Å². The quantitative estimate of drug-likeness (QED) is 0.687. The number of fused-ring (bicyclic) bond motifs is 1. The highest BCUT2D eigenvalue weighted by atomic mass is 79.9. The van der Waals surface area contributed by atoms with Crippen LogP contribution in [0.1, 0.15) is 5.56 Å². The maximum absolute atomic E-state index is 11.9. The van der Waals surface area contributed by atoms with Gasteiger partial charge in [-0.1, -0.05) is 60.7 Å². The number of ether oxygens (including phenoxy) is 1. The molecule has 3 aromatic rings. The van der Waals surface area contributed by atoms with Gasteiger partial charge in [-0.05, 0) is 38.3 Å². The molecule has 0 heterocycles. The molecule has 1 amide bonds. The Morgan fingerprint density at radius 1 is 0.955 bits per heavy atom. The van der Waals surface area contributed by atoms with Crippen molar-refractivity contribution in [3.8, 4) is 0 Å². The lowest BCUT2D eigenvalue weighted by molar-refractivity contribution is 0.155. The van der Waals surface area contributed by atoms with Crippen molar-refractivity contribution in [3.63, 3.8) is 0 Å². The standard InChI is InChI=1S/C18H14BrNO2/c19-17-15-9-5-4-8-14(15)10-11-16(17)20-18(21)22-12-13-6-2-1-3-7-13/h1-11H,12H2,(H,20,21). The van der Waals surface area contributed by atoms with E-state index in [2.05, 4.69) is 21.2 Å². The van der Waals surface area contributed by atoms with Gasteiger partial charge in [0.1, 0.15) is 6.61 Å². The summed E-state index contributed by atoms with van der Waals surface area (Å²) in [6, 6.07) is 21.4. The smallest absolute Gasteiger partial charge is 0.411 e. The Labute approximate surface area is 137 Å². The minimum Gasteiger partial charge on any atom is -0.444 e. The number of carbonyl (C=O) groups excluding carboxylic acids is 1. The van der Waals surface area contributed by atoms with Gasteiger partial charge in [-0.25, -0.2) is 4.79 Å². The van der Waals surface area contributed by atoms with Gasteiger partial charge in [-0.2, -0.15) is 0 Å². The fourth-order valence-corrected chi connectivity index (χ4v) is 2.79. The molecule has 0 unspecified atom stereocenters. The predicted molar refractivity (Wildman–Crippen MR) is 91.9 cm³/mol. The second kappa shape index (κ2) is 6.62. The number of nitrogens with one attached hydrogen (secondary N) is 1. The van der Waals surface area contributed by atoms with Gasteiger partial charge < -0.3 is 4.74 Å². The molecule has 0 saturated carbocycles. The number of anilines is 1. The minimum atomic E-state index is -0.472. The van der Waals surface area contributed by atoms with Gasteiger partial charge in [0.2, 0.25) is 0 Å². The first-order valence-corrected chi connectivity index (χ1v) is 7.68. The summed E-state index contributed by atoms with van der Waals surface area (Å²) in [6.07, 6.45) is -0.472. The minimum absolute atomic E-state index is 0.248. The number of hydrogen-bond acceptors (Lipinski definition) is 2. The van der Waals surface area contributed by atoms with Crippen molar-refractivity contribution in [1.82, 2.24) is 0 Å². The van der Waals surface area contributed by atoms with E-state index in [0.29, 0.717) is 5.69 Å². The van der Waals surface area contributed by atoms with Crippen LogP contribution in [0.15, 0.2) is 71.2 Å². The van der Waals surface area contributed by atoms with Crippen LogP contribution >= 0.6 is 15.9 Å². The first-order valence-electron chi connectivity index (χ1n) is 6.89. The van der Waals surface area contributed by atoms with Crippen molar-refractivity contribution in [2.24, 2.45) is 0 Å². The molecule has 0 saturated heterocycles. The monoisotopic (exact) mass is 355 g/mol. The molecule has 1 N–H and O–H groups in total. The Morgan fingerprint density at radius 3 is 2.50 bits per heavy atom. The lowest BCUT2D eigenvalue weighted by Crippen LogP contribution is -2.13. The summed E-state index contributed by atoms with van der Waals surface area (Å²) in [5, 5.41) is 4.92. The summed E-state index contributed by atoms with van der Waals surface area (Å²) in [4.78, 5) is 11.9. The normalized spacial score (nSPS) is 10.4. The summed E-state index contributed by atoms with van der Waals surface area (Å²) in [5.41, 5.74) is 1.65. The van der Waals surface area contributed by atoms with Crippen molar-refractivity contribution in [2.45, 2.75) is 6.61 Å². The molecular weight excluding hydrogens is 342 g/mol. The molecule has 0 fully saturated rings. The van der Waals surface area contributed by atoms with Gasteiger partial charge in [0.05, 0.1) is 5.69 Å². The fraction of sp³-hybridized carbons (Fsp3) is 0.0556. The molecule has 22 heavy (non-hydrogen) atoms. The molecule has 0 spiro atoms. The number of benzene rings is 3. The Hall–Kier alpha value is -2.33. The largest absolute Gasteiger partial charge is 0.444 e. The summed E-state index contributed by atoms with van der Waals surface area (Å²) < 4.78 is 6.08. The fourth-order valence-electron chi connectivity index (χ4n) is 2.20. The van der Waals surface area contributed by atoms with Crippen LogP contribution in [0.2, 0.25) is 0 Å². The van der Waals surface area contributed by atoms with Gasteiger partial charge in [0, 0.05) is 4.47 Å². The predicted octanol–water partition coefficient (Wildman–Crippen LogP) is 5.35. The molecule has 3 nitrogen and oxygen atoms in total. The average molecular weight is 356 g/mol. The van der Waals surface area contributed by atoms with E-state index in [1.807, 2.05) is 66.7 Å². The van der Waals surface area contributed by atoms with E-state index in [9.17, 15) is 4.79 Å². The van der Waals surface area contributed by atoms with Crippen LogP contribution in [-0.4, -0.2) is 6.09 Å². The van der Waals surface area contributed by atoms with E-state index in [4.69, 9.17) is 4.74 Å². The first kappa shape index (κ1) is 14.6. The lowest BCUT2D eigenvalue weighted by atomic mass is 10.1. The highest BCUT2D eigenvalue weighted by Gasteiger charge is 2.09. The number of hydrogen-bond donors (Lipinski definition) is 1. The van der Waals surface area contributed by atoms with Gasteiger partial charge in [0.15, 0.2) is 0 Å². The maximum Gasteiger partial charge on any atom is 0.411 e. The second-order valence-electron chi connectivity index (χ2n) is 4.83. The number of amides is 1. The van der Waals surface area contributed by atoms with Crippen LogP contribution in [0.25, 0.3) is 10.8 Å². The van der Waals surface area contributed by atoms with E-state index < -0.39 is 6.09 Å². The summed E-state index contributed by atoms with van der Waals surface area (Å²) in [7, 11) is 0. The third kappa shape index (κ3) is 3.28. The summed E-state index contributed by atoms with van der Waals surface area (Å²) in [6.45, 7) is 0.248. The van der Waals surface area contributed by atoms with E-state index in [-0.39, 0.29) is 6.61 Å². The molecule has 3 rings (SSSR count).